The number of aryl methyl sites for hydroxylation is 2. The van der Waals surface area contributed by atoms with E-state index < -0.39 is 0 Å². The van der Waals surface area contributed by atoms with Gasteiger partial charge in [-0.25, -0.2) is 0 Å². The zero-order chi connectivity index (χ0) is 9.14. The topological polar surface area (TPSA) is 12.4 Å². The molecule has 1 aromatic carbocycles. The van der Waals surface area contributed by atoms with E-state index in [1.165, 1.54) is 11.1 Å². The summed E-state index contributed by atoms with van der Waals surface area (Å²) >= 11 is 5.95. The molecule has 1 aromatic rings. The Bertz CT molecular complexity index is 295. The number of rotatable bonds is 1. The molecular weight excluding hydrogens is 170 g/mol. The highest BCUT2D eigenvalue weighted by atomic mass is 35.5. The van der Waals surface area contributed by atoms with Crippen molar-refractivity contribution in [1.29, 1.82) is 0 Å². The lowest BCUT2D eigenvalue weighted by Crippen LogP contribution is -1.98. The highest BCUT2D eigenvalue weighted by molar-refractivity contribution is 6.69. The Kier molecular flexibility index (Phi) is 2.88. The van der Waals surface area contributed by atoms with Crippen molar-refractivity contribution in [3.63, 3.8) is 0 Å². The van der Waals surface area contributed by atoms with Crippen LogP contribution in [-0.2, 0) is 0 Å². The van der Waals surface area contributed by atoms with E-state index >= 15 is 0 Å². The highest BCUT2D eigenvalue weighted by Crippen LogP contribution is 2.15. The molecule has 0 heterocycles. The first-order chi connectivity index (χ1) is 5.66. The normalized spacial score (nSPS) is 11.8. The minimum Gasteiger partial charge on any atom is -0.276 e. The van der Waals surface area contributed by atoms with Crippen molar-refractivity contribution < 1.29 is 0 Å². The maximum absolute atomic E-state index is 5.95. The zero-order valence-electron chi connectivity index (χ0n) is 7.56. The van der Waals surface area contributed by atoms with Gasteiger partial charge >= 0.3 is 0 Å². The summed E-state index contributed by atoms with van der Waals surface area (Å²) in [5, 5.41) is 0.589. The number of hydrogen-bond donors (Lipinski definition) is 0. The van der Waals surface area contributed by atoms with Gasteiger partial charge in [0, 0.05) is 12.6 Å². The molecule has 0 aliphatic rings. The molecule has 0 aromatic heterocycles. The third-order valence-corrected chi connectivity index (χ3v) is 2.24. The van der Waals surface area contributed by atoms with Gasteiger partial charge in [-0.15, -0.1) is 0 Å². The second-order valence-electron chi connectivity index (χ2n) is 2.78. The van der Waals surface area contributed by atoms with Gasteiger partial charge in [-0.2, -0.15) is 0 Å². The van der Waals surface area contributed by atoms with E-state index in [1.54, 1.807) is 7.05 Å². The van der Waals surface area contributed by atoms with Crippen molar-refractivity contribution in [3.05, 3.63) is 34.9 Å². The smallest absolute Gasteiger partial charge is 0.131 e. The van der Waals surface area contributed by atoms with Crippen molar-refractivity contribution in [2.24, 2.45) is 4.99 Å². The van der Waals surface area contributed by atoms with Gasteiger partial charge in [-0.3, -0.25) is 4.99 Å². The summed E-state index contributed by atoms with van der Waals surface area (Å²) in [7, 11) is 1.70. The van der Waals surface area contributed by atoms with E-state index in [2.05, 4.69) is 4.99 Å². The van der Waals surface area contributed by atoms with Gasteiger partial charge in [0.2, 0.25) is 0 Å². The molecule has 0 fully saturated rings. The predicted octanol–water partition coefficient (Wildman–Crippen LogP) is 2.92. The van der Waals surface area contributed by atoms with Crippen LogP contribution in [0.15, 0.2) is 23.2 Å². The fraction of sp³-hybridized carbons (Fsp3) is 0.300. The Hall–Kier alpha value is -0.820. The summed E-state index contributed by atoms with van der Waals surface area (Å²) in [6.07, 6.45) is 0. The maximum atomic E-state index is 5.95. The Balaban J connectivity index is 3.31. The molecule has 1 rings (SSSR count). The summed E-state index contributed by atoms with van der Waals surface area (Å²) in [6.45, 7) is 4.08. The molecular formula is C10H12ClN. The van der Waals surface area contributed by atoms with Gasteiger partial charge in [0.25, 0.3) is 0 Å². The van der Waals surface area contributed by atoms with Crippen molar-refractivity contribution in [2.45, 2.75) is 13.8 Å². The number of halogens is 1. The van der Waals surface area contributed by atoms with E-state index in [4.69, 9.17) is 11.6 Å². The molecule has 0 spiro atoms. The highest BCUT2D eigenvalue weighted by Gasteiger charge is 2.05. The largest absolute Gasteiger partial charge is 0.276 e. The summed E-state index contributed by atoms with van der Waals surface area (Å²) in [5.74, 6) is 0. The molecule has 1 nitrogen and oxygen atoms in total. The van der Waals surface area contributed by atoms with Crippen molar-refractivity contribution in [3.8, 4) is 0 Å². The molecule has 0 N–H and O–H groups in total. The average molecular weight is 182 g/mol. The zero-order valence-corrected chi connectivity index (χ0v) is 8.31. The van der Waals surface area contributed by atoms with Crippen LogP contribution < -0.4 is 0 Å². The van der Waals surface area contributed by atoms with Crippen molar-refractivity contribution in [1.82, 2.24) is 0 Å². The van der Waals surface area contributed by atoms with Crippen LogP contribution in [0.2, 0.25) is 0 Å². The SMILES string of the molecule is CN=C(Cl)c1c(C)cccc1C. The third-order valence-electron chi connectivity index (χ3n) is 1.88. The second-order valence-corrected chi connectivity index (χ2v) is 3.14. The Morgan fingerprint density at radius 1 is 1.25 bits per heavy atom. The monoisotopic (exact) mass is 181 g/mol. The Morgan fingerprint density at radius 3 is 2.17 bits per heavy atom. The van der Waals surface area contributed by atoms with Crippen LogP contribution in [-0.4, -0.2) is 12.2 Å². The minimum absolute atomic E-state index is 0.589. The summed E-state index contributed by atoms with van der Waals surface area (Å²) < 4.78 is 0. The molecule has 0 saturated carbocycles. The molecule has 0 bridgehead atoms. The van der Waals surface area contributed by atoms with E-state index in [-0.39, 0.29) is 0 Å². The number of aliphatic imine (C=N–C) groups is 1. The van der Waals surface area contributed by atoms with Crippen LogP contribution >= 0.6 is 11.6 Å². The molecule has 0 saturated heterocycles. The molecule has 64 valence electrons. The van der Waals surface area contributed by atoms with Crippen LogP contribution in [0.25, 0.3) is 0 Å². The van der Waals surface area contributed by atoms with Crippen LogP contribution in [0.3, 0.4) is 0 Å². The van der Waals surface area contributed by atoms with Gasteiger partial charge in [0.05, 0.1) is 0 Å². The van der Waals surface area contributed by atoms with E-state index in [1.807, 2.05) is 32.0 Å². The average Bonchev–Trinajstić information content (AvgIpc) is 2.03. The van der Waals surface area contributed by atoms with Gasteiger partial charge in [-0.1, -0.05) is 29.8 Å². The van der Waals surface area contributed by atoms with Gasteiger partial charge in [0.15, 0.2) is 0 Å². The van der Waals surface area contributed by atoms with E-state index in [9.17, 15) is 0 Å². The second kappa shape index (κ2) is 3.72. The lowest BCUT2D eigenvalue weighted by atomic mass is 10.0. The minimum atomic E-state index is 0.589. The fourth-order valence-electron chi connectivity index (χ4n) is 1.25. The lowest BCUT2D eigenvalue weighted by Gasteiger charge is -2.06. The fourth-order valence-corrected chi connectivity index (χ4v) is 1.55. The number of benzene rings is 1. The van der Waals surface area contributed by atoms with Crippen LogP contribution in [0.4, 0.5) is 0 Å². The first-order valence-corrected chi connectivity index (χ1v) is 4.23. The van der Waals surface area contributed by atoms with Crippen LogP contribution in [0.1, 0.15) is 16.7 Å². The maximum Gasteiger partial charge on any atom is 0.131 e. The summed E-state index contributed by atoms with van der Waals surface area (Å²) in [6, 6.07) is 6.10. The van der Waals surface area contributed by atoms with Crippen LogP contribution in [0.5, 0.6) is 0 Å². The standard InChI is InChI=1S/C10H12ClN/c1-7-5-4-6-8(2)9(7)10(11)12-3/h4-6H,1-3H3. The van der Waals surface area contributed by atoms with Crippen molar-refractivity contribution in [2.75, 3.05) is 7.05 Å². The van der Waals surface area contributed by atoms with Crippen molar-refractivity contribution >= 4 is 16.8 Å². The van der Waals surface area contributed by atoms with E-state index in [0.29, 0.717) is 5.17 Å². The van der Waals surface area contributed by atoms with Gasteiger partial charge < -0.3 is 0 Å². The molecule has 0 radical (unpaired) electrons. The van der Waals surface area contributed by atoms with E-state index in [0.717, 1.165) is 5.56 Å². The summed E-state index contributed by atoms with van der Waals surface area (Å²) in [5.41, 5.74) is 3.40. The molecule has 12 heavy (non-hydrogen) atoms. The number of hydrogen-bond acceptors (Lipinski definition) is 1. The van der Waals surface area contributed by atoms with Gasteiger partial charge in [-0.05, 0) is 25.0 Å². The van der Waals surface area contributed by atoms with Crippen LogP contribution in [0, 0.1) is 13.8 Å². The molecule has 0 unspecified atom stereocenters. The first kappa shape index (κ1) is 9.27. The summed E-state index contributed by atoms with van der Waals surface area (Å²) in [4.78, 5) is 3.96. The lowest BCUT2D eigenvalue weighted by molar-refractivity contribution is 1.34. The molecule has 0 atom stereocenters. The quantitative estimate of drug-likeness (QED) is 0.591. The molecule has 2 heteroatoms. The molecule has 0 amide bonds. The Morgan fingerprint density at radius 2 is 1.75 bits per heavy atom. The predicted molar refractivity (Wildman–Crippen MR) is 54.2 cm³/mol. The first-order valence-electron chi connectivity index (χ1n) is 3.85. The number of nitrogens with zero attached hydrogens (tertiary/aromatic N) is 1. The Labute approximate surface area is 78.1 Å². The third kappa shape index (κ3) is 1.67. The molecule has 0 aliphatic carbocycles. The molecule has 0 aliphatic heterocycles. The van der Waals surface area contributed by atoms with Gasteiger partial charge in [0.1, 0.15) is 5.17 Å².